The summed E-state index contributed by atoms with van der Waals surface area (Å²) in [5.41, 5.74) is 3.45. The number of amides is 1. The Hall–Kier alpha value is -2.60. The third-order valence-corrected chi connectivity index (χ3v) is 5.07. The minimum absolute atomic E-state index is 0.00117. The van der Waals surface area contributed by atoms with Crippen LogP contribution in [0.4, 0.5) is 0 Å². The van der Waals surface area contributed by atoms with Gasteiger partial charge in [-0.25, -0.2) is 0 Å². The average molecular weight is 351 g/mol. The molecule has 1 amide bonds. The maximum atomic E-state index is 12.2. The fraction of sp³-hybridized carbons (Fsp3) is 0.400. The molecule has 6 nitrogen and oxygen atoms in total. The molecule has 0 unspecified atom stereocenters. The Kier molecular flexibility index (Phi) is 5.02. The number of fused-ring (bicyclic) bond motifs is 1. The van der Waals surface area contributed by atoms with Gasteiger partial charge in [-0.15, -0.1) is 0 Å². The summed E-state index contributed by atoms with van der Waals surface area (Å²) in [4.78, 5) is 15.5. The van der Waals surface area contributed by atoms with Gasteiger partial charge in [-0.1, -0.05) is 18.2 Å². The number of rotatable bonds is 6. The van der Waals surface area contributed by atoms with Crippen LogP contribution in [-0.4, -0.2) is 40.3 Å². The lowest BCUT2D eigenvalue weighted by Crippen LogP contribution is -2.30. The minimum Gasteiger partial charge on any atom is -0.361 e. The third-order valence-electron chi connectivity index (χ3n) is 5.07. The number of carbonyl (C=O) groups excluding carboxylic acids is 1. The Morgan fingerprint density at radius 2 is 2.23 bits per heavy atom. The number of hydrogen-bond donors (Lipinski definition) is 3. The zero-order valence-electron chi connectivity index (χ0n) is 14.9. The molecule has 3 aromatic rings. The first kappa shape index (κ1) is 16.8. The van der Waals surface area contributed by atoms with Gasteiger partial charge in [0.1, 0.15) is 6.54 Å². The highest BCUT2D eigenvalue weighted by molar-refractivity contribution is 5.83. The summed E-state index contributed by atoms with van der Waals surface area (Å²) in [6, 6.07) is 10.3. The smallest absolute Gasteiger partial charge is 0.241 e. The number of aromatic amines is 1. The van der Waals surface area contributed by atoms with Crippen molar-refractivity contribution in [3.63, 3.8) is 0 Å². The van der Waals surface area contributed by atoms with Crippen LogP contribution in [0.15, 0.2) is 42.7 Å². The summed E-state index contributed by atoms with van der Waals surface area (Å²) < 4.78 is 1.74. The number of nitrogens with one attached hydrogen (secondary N) is 3. The lowest BCUT2D eigenvalue weighted by Gasteiger charge is -2.20. The summed E-state index contributed by atoms with van der Waals surface area (Å²) in [6.07, 6.45) is 7.10. The van der Waals surface area contributed by atoms with Crippen LogP contribution in [0.3, 0.4) is 0 Å². The first-order chi connectivity index (χ1) is 12.8. The lowest BCUT2D eigenvalue weighted by molar-refractivity contribution is -0.121. The molecule has 3 heterocycles. The monoisotopic (exact) mass is 351 g/mol. The zero-order valence-corrected chi connectivity index (χ0v) is 14.9. The van der Waals surface area contributed by atoms with Crippen molar-refractivity contribution in [3.05, 3.63) is 54.0 Å². The summed E-state index contributed by atoms with van der Waals surface area (Å²) >= 11 is 0. The van der Waals surface area contributed by atoms with Crippen LogP contribution in [0.2, 0.25) is 0 Å². The number of hydrogen-bond acceptors (Lipinski definition) is 3. The van der Waals surface area contributed by atoms with Gasteiger partial charge in [-0.05, 0) is 43.5 Å². The van der Waals surface area contributed by atoms with Crippen molar-refractivity contribution in [2.75, 3.05) is 19.6 Å². The molecule has 136 valence electrons. The molecule has 1 fully saturated rings. The van der Waals surface area contributed by atoms with Crippen molar-refractivity contribution < 1.29 is 4.79 Å². The van der Waals surface area contributed by atoms with Crippen LogP contribution in [-0.2, 0) is 17.8 Å². The van der Waals surface area contributed by atoms with Crippen LogP contribution in [0.25, 0.3) is 10.9 Å². The highest BCUT2D eigenvalue weighted by Crippen LogP contribution is 2.21. The average Bonchev–Trinajstić information content (AvgIpc) is 3.30. The molecule has 3 N–H and O–H groups in total. The molecule has 1 atom stereocenters. The molecule has 1 aromatic carbocycles. The van der Waals surface area contributed by atoms with Crippen LogP contribution < -0.4 is 10.6 Å². The van der Waals surface area contributed by atoms with Crippen molar-refractivity contribution in [2.24, 2.45) is 0 Å². The summed E-state index contributed by atoms with van der Waals surface area (Å²) in [7, 11) is 0. The van der Waals surface area contributed by atoms with Gasteiger partial charge in [0.05, 0.1) is 5.69 Å². The Balaban J connectivity index is 1.27. The van der Waals surface area contributed by atoms with E-state index in [4.69, 9.17) is 0 Å². The number of benzene rings is 1. The standard InChI is InChI=1S/C20H25N5O/c26-20(14-25-11-8-18(24-25)16-4-3-9-21-12-16)22-10-7-15-13-23-19-6-2-1-5-17(15)19/h1-2,5-6,8,11,13,16,21,23H,3-4,7,9-10,12,14H2,(H,22,26)/t16-/m1/s1. The summed E-state index contributed by atoms with van der Waals surface area (Å²) in [6.45, 7) is 2.97. The van der Waals surface area contributed by atoms with Crippen molar-refractivity contribution in [2.45, 2.75) is 31.7 Å². The van der Waals surface area contributed by atoms with E-state index >= 15 is 0 Å². The van der Waals surface area contributed by atoms with Gasteiger partial charge in [0.15, 0.2) is 0 Å². The highest BCUT2D eigenvalue weighted by atomic mass is 16.2. The minimum atomic E-state index is 0.00117. The fourth-order valence-corrected chi connectivity index (χ4v) is 3.67. The molecule has 4 rings (SSSR count). The van der Waals surface area contributed by atoms with Crippen LogP contribution in [0, 0.1) is 0 Å². The third kappa shape index (κ3) is 3.80. The number of piperidine rings is 1. The van der Waals surface area contributed by atoms with Gasteiger partial charge in [-0.3, -0.25) is 9.48 Å². The van der Waals surface area contributed by atoms with Gasteiger partial charge in [0.2, 0.25) is 5.91 Å². The molecule has 1 aliphatic heterocycles. The van der Waals surface area contributed by atoms with Gasteiger partial charge in [-0.2, -0.15) is 5.10 Å². The molecular formula is C20H25N5O. The highest BCUT2D eigenvalue weighted by Gasteiger charge is 2.17. The van der Waals surface area contributed by atoms with Gasteiger partial charge < -0.3 is 15.6 Å². The summed E-state index contributed by atoms with van der Waals surface area (Å²) in [5, 5.41) is 12.2. The van der Waals surface area contributed by atoms with Gasteiger partial charge in [0, 0.05) is 42.3 Å². The number of nitrogens with zero attached hydrogens (tertiary/aromatic N) is 2. The van der Waals surface area contributed by atoms with Crippen molar-refractivity contribution in [1.29, 1.82) is 0 Å². The van der Waals surface area contributed by atoms with Gasteiger partial charge in [0.25, 0.3) is 0 Å². The van der Waals surface area contributed by atoms with Crippen LogP contribution in [0.1, 0.15) is 30.0 Å². The van der Waals surface area contributed by atoms with E-state index in [-0.39, 0.29) is 12.5 Å². The summed E-state index contributed by atoms with van der Waals surface area (Å²) in [5.74, 6) is 0.469. The predicted octanol–water partition coefficient (Wildman–Crippen LogP) is 2.19. The van der Waals surface area contributed by atoms with E-state index < -0.39 is 0 Å². The molecule has 2 aromatic heterocycles. The largest absolute Gasteiger partial charge is 0.361 e. The Morgan fingerprint density at radius 1 is 1.31 bits per heavy atom. The molecule has 26 heavy (non-hydrogen) atoms. The number of carbonyl (C=O) groups is 1. The van der Waals surface area contributed by atoms with Crippen LogP contribution in [0.5, 0.6) is 0 Å². The van der Waals surface area contributed by atoms with E-state index in [1.807, 2.05) is 30.6 Å². The SMILES string of the molecule is O=C(Cn1ccc([C@@H]2CCCNC2)n1)NCCc1c[nH]c2ccccc12. The van der Waals surface area contributed by atoms with E-state index in [9.17, 15) is 4.79 Å². The molecule has 6 heteroatoms. The molecular weight excluding hydrogens is 326 g/mol. The van der Waals surface area contributed by atoms with Crippen molar-refractivity contribution >= 4 is 16.8 Å². The van der Waals surface area contributed by atoms with E-state index in [0.717, 1.165) is 30.7 Å². The Bertz CT molecular complexity index is 875. The molecule has 0 bridgehead atoms. The number of para-hydroxylation sites is 1. The molecule has 0 saturated carbocycles. The Morgan fingerprint density at radius 3 is 3.12 bits per heavy atom. The van der Waals surface area contributed by atoms with Crippen molar-refractivity contribution in [1.82, 2.24) is 25.4 Å². The number of aromatic nitrogens is 3. The normalized spacial score (nSPS) is 17.5. The topological polar surface area (TPSA) is 74.7 Å². The van der Waals surface area contributed by atoms with Crippen molar-refractivity contribution in [3.8, 4) is 0 Å². The fourth-order valence-electron chi connectivity index (χ4n) is 3.67. The molecule has 1 aliphatic rings. The van der Waals surface area contributed by atoms with E-state index in [2.05, 4.69) is 32.8 Å². The van der Waals surface area contributed by atoms with Crippen LogP contribution >= 0.6 is 0 Å². The maximum absolute atomic E-state index is 12.2. The second kappa shape index (κ2) is 7.74. The second-order valence-corrected chi connectivity index (χ2v) is 6.94. The predicted molar refractivity (Wildman–Crippen MR) is 102 cm³/mol. The maximum Gasteiger partial charge on any atom is 0.241 e. The molecule has 0 spiro atoms. The van der Waals surface area contributed by atoms with Gasteiger partial charge >= 0.3 is 0 Å². The van der Waals surface area contributed by atoms with E-state index in [0.29, 0.717) is 12.5 Å². The lowest BCUT2D eigenvalue weighted by atomic mass is 9.97. The quantitative estimate of drug-likeness (QED) is 0.637. The zero-order chi connectivity index (χ0) is 17.8. The van der Waals surface area contributed by atoms with E-state index in [1.54, 1.807) is 4.68 Å². The first-order valence-electron chi connectivity index (χ1n) is 9.35. The molecule has 1 saturated heterocycles. The molecule has 0 aliphatic carbocycles. The second-order valence-electron chi connectivity index (χ2n) is 6.94. The molecule has 0 radical (unpaired) electrons. The van der Waals surface area contributed by atoms with E-state index in [1.165, 1.54) is 23.8 Å². The number of H-pyrrole nitrogens is 1. The first-order valence-corrected chi connectivity index (χ1v) is 9.35. The Labute approximate surface area is 153 Å².